The van der Waals surface area contributed by atoms with E-state index in [9.17, 15) is 9.59 Å². The predicted octanol–water partition coefficient (Wildman–Crippen LogP) is 0.881. The standard InChI is InChI=1S/C13H25N3O3/c1-3-11(7-12(17)18)15-13(19)16-6-4-5-10(9-16)8-14-2/h10-11,14H,3-9H2,1-2H3,(H,15,19)(H,17,18). The molecule has 0 radical (unpaired) electrons. The summed E-state index contributed by atoms with van der Waals surface area (Å²) in [6, 6.07) is -0.413. The van der Waals surface area contributed by atoms with Gasteiger partial charge in [0.05, 0.1) is 6.42 Å². The number of aliphatic carboxylic acids is 1. The molecule has 6 heteroatoms. The highest BCUT2D eigenvalue weighted by Gasteiger charge is 2.24. The van der Waals surface area contributed by atoms with E-state index in [4.69, 9.17) is 5.11 Å². The number of likely N-dealkylation sites (tertiary alicyclic amines) is 1. The third-order valence-corrected chi connectivity index (χ3v) is 3.54. The SMILES string of the molecule is CCC(CC(=O)O)NC(=O)N1CCCC(CNC)C1. The summed E-state index contributed by atoms with van der Waals surface area (Å²) >= 11 is 0. The Labute approximate surface area is 114 Å². The van der Waals surface area contributed by atoms with E-state index in [2.05, 4.69) is 10.6 Å². The molecule has 0 aromatic heterocycles. The van der Waals surface area contributed by atoms with Crippen molar-refractivity contribution in [2.45, 2.75) is 38.6 Å². The van der Waals surface area contributed by atoms with E-state index >= 15 is 0 Å². The third kappa shape index (κ3) is 5.46. The fourth-order valence-corrected chi connectivity index (χ4v) is 2.48. The Kier molecular flexibility index (Phi) is 6.62. The van der Waals surface area contributed by atoms with E-state index < -0.39 is 5.97 Å². The molecule has 1 aliphatic rings. The summed E-state index contributed by atoms with van der Waals surface area (Å²) in [5.41, 5.74) is 0. The van der Waals surface area contributed by atoms with Crippen LogP contribution in [0.1, 0.15) is 32.6 Å². The third-order valence-electron chi connectivity index (χ3n) is 3.54. The molecule has 19 heavy (non-hydrogen) atoms. The van der Waals surface area contributed by atoms with Crippen LogP contribution in [0.25, 0.3) is 0 Å². The molecule has 0 saturated carbocycles. The molecule has 0 aromatic carbocycles. The Morgan fingerprint density at radius 1 is 1.47 bits per heavy atom. The molecule has 1 heterocycles. The molecular weight excluding hydrogens is 246 g/mol. The monoisotopic (exact) mass is 271 g/mol. The molecule has 0 bridgehead atoms. The van der Waals surface area contributed by atoms with Crippen LogP contribution >= 0.6 is 0 Å². The Hall–Kier alpha value is -1.30. The number of urea groups is 1. The van der Waals surface area contributed by atoms with E-state index in [0.29, 0.717) is 12.3 Å². The second-order valence-corrected chi connectivity index (χ2v) is 5.16. The molecule has 1 saturated heterocycles. The molecule has 6 nitrogen and oxygen atoms in total. The van der Waals surface area contributed by atoms with Gasteiger partial charge in [-0.3, -0.25) is 4.79 Å². The topological polar surface area (TPSA) is 81.7 Å². The highest BCUT2D eigenvalue weighted by molar-refractivity contribution is 5.76. The van der Waals surface area contributed by atoms with Crippen LogP contribution in [0.5, 0.6) is 0 Å². The van der Waals surface area contributed by atoms with Crippen molar-refractivity contribution in [1.29, 1.82) is 0 Å². The van der Waals surface area contributed by atoms with Gasteiger partial charge in [-0.1, -0.05) is 6.92 Å². The van der Waals surface area contributed by atoms with Crippen LogP contribution in [0, 0.1) is 5.92 Å². The molecule has 2 unspecified atom stereocenters. The minimum Gasteiger partial charge on any atom is -0.481 e. The summed E-state index contributed by atoms with van der Waals surface area (Å²) in [4.78, 5) is 24.6. The Bertz CT molecular complexity index is 308. The lowest BCUT2D eigenvalue weighted by molar-refractivity contribution is -0.137. The lowest BCUT2D eigenvalue weighted by Gasteiger charge is -2.33. The lowest BCUT2D eigenvalue weighted by atomic mass is 9.98. The van der Waals surface area contributed by atoms with Crippen molar-refractivity contribution in [2.24, 2.45) is 5.92 Å². The first kappa shape index (κ1) is 15.8. The molecule has 1 fully saturated rings. The van der Waals surface area contributed by atoms with Crippen molar-refractivity contribution in [3.05, 3.63) is 0 Å². The van der Waals surface area contributed by atoms with E-state index in [1.165, 1.54) is 0 Å². The van der Waals surface area contributed by atoms with Crippen molar-refractivity contribution >= 4 is 12.0 Å². The number of hydrogen-bond donors (Lipinski definition) is 3. The second kappa shape index (κ2) is 7.99. The number of amides is 2. The van der Waals surface area contributed by atoms with Gasteiger partial charge < -0.3 is 20.6 Å². The van der Waals surface area contributed by atoms with Gasteiger partial charge in [0.15, 0.2) is 0 Å². The number of piperidine rings is 1. The Balaban J connectivity index is 2.45. The summed E-state index contributed by atoms with van der Waals surface area (Å²) in [6.07, 6.45) is 2.76. The first-order chi connectivity index (χ1) is 9.06. The van der Waals surface area contributed by atoms with E-state index in [1.54, 1.807) is 4.90 Å². The van der Waals surface area contributed by atoms with E-state index in [-0.39, 0.29) is 18.5 Å². The number of carboxylic acids is 1. The van der Waals surface area contributed by atoms with Crippen LogP contribution in [0.15, 0.2) is 0 Å². The Morgan fingerprint density at radius 3 is 2.79 bits per heavy atom. The van der Waals surface area contributed by atoms with Crippen molar-refractivity contribution in [3.8, 4) is 0 Å². The minimum atomic E-state index is -0.876. The number of carboxylic acid groups (broad SMARTS) is 1. The predicted molar refractivity (Wildman–Crippen MR) is 73.1 cm³/mol. The van der Waals surface area contributed by atoms with Gasteiger partial charge in [-0.05, 0) is 38.8 Å². The Morgan fingerprint density at radius 2 is 2.21 bits per heavy atom. The van der Waals surface area contributed by atoms with Gasteiger partial charge in [-0.25, -0.2) is 4.79 Å². The molecular formula is C13H25N3O3. The number of hydrogen-bond acceptors (Lipinski definition) is 3. The van der Waals surface area contributed by atoms with E-state index in [0.717, 1.165) is 32.5 Å². The fourth-order valence-electron chi connectivity index (χ4n) is 2.48. The molecule has 110 valence electrons. The maximum atomic E-state index is 12.1. The summed E-state index contributed by atoms with van der Waals surface area (Å²) in [5.74, 6) is -0.386. The van der Waals surface area contributed by atoms with Crippen LogP contribution < -0.4 is 10.6 Å². The lowest BCUT2D eigenvalue weighted by Crippen LogP contribution is -2.50. The van der Waals surface area contributed by atoms with Gasteiger partial charge in [0.1, 0.15) is 0 Å². The van der Waals surface area contributed by atoms with Gasteiger partial charge >= 0.3 is 12.0 Å². The molecule has 2 atom stereocenters. The molecule has 2 amide bonds. The van der Waals surface area contributed by atoms with Gasteiger partial charge in [0.25, 0.3) is 0 Å². The molecule has 0 aliphatic carbocycles. The van der Waals surface area contributed by atoms with Gasteiger partial charge in [-0.2, -0.15) is 0 Å². The number of nitrogens with zero attached hydrogens (tertiary/aromatic N) is 1. The first-order valence-electron chi connectivity index (χ1n) is 6.98. The molecule has 3 N–H and O–H groups in total. The van der Waals surface area contributed by atoms with E-state index in [1.807, 2.05) is 14.0 Å². The zero-order chi connectivity index (χ0) is 14.3. The number of carbonyl (C=O) groups is 2. The quantitative estimate of drug-likeness (QED) is 0.670. The first-order valence-corrected chi connectivity index (χ1v) is 6.98. The fraction of sp³-hybridized carbons (Fsp3) is 0.846. The van der Waals surface area contributed by atoms with Crippen LogP contribution in [0.4, 0.5) is 4.79 Å². The molecule has 1 aliphatic heterocycles. The van der Waals surface area contributed by atoms with Gasteiger partial charge in [0, 0.05) is 19.1 Å². The van der Waals surface area contributed by atoms with Crippen LogP contribution in [0.2, 0.25) is 0 Å². The number of carbonyl (C=O) groups excluding carboxylic acids is 1. The zero-order valence-corrected chi connectivity index (χ0v) is 11.8. The summed E-state index contributed by atoms with van der Waals surface area (Å²) in [7, 11) is 1.92. The van der Waals surface area contributed by atoms with Crippen LogP contribution in [0.3, 0.4) is 0 Å². The molecule has 1 rings (SSSR count). The largest absolute Gasteiger partial charge is 0.481 e. The number of nitrogens with one attached hydrogen (secondary N) is 2. The maximum Gasteiger partial charge on any atom is 0.317 e. The molecule has 0 aromatic rings. The van der Waals surface area contributed by atoms with Gasteiger partial charge in [-0.15, -0.1) is 0 Å². The zero-order valence-electron chi connectivity index (χ0n) is 11.8. The van der Waals surface area contributed by atoms with Crippen molar-refractivity contribution < 1.29 is 14.7 Å². The van der Waals surface area contributed by atoms with Crippen LogP contribution in [-0.4, -0.2) is 54.7 Å². The second-order valence-electron chi connectivity index (χ2n) is 5.16. The van der Waals surface area contributed by atoms with Crippen molar-refractivity contribution in [1.82, 2.24) is 15.5 Å². The smallest absolute Gasteiger partial charge is 0.317 e. The molecule has 0 spiro atoms. The summed E-state index contributed by atoms with van der Waals surface area (Å²) in [5, 5.41) is 14.7. The number of rotatable bonds is 6. The minimum absolute atomic E-state index is 0.0178. The highest BCUT2D eigenvalue weighted by atomic mass is 16.4. The van der Waals surface area contributed by atoms with Crippen molar-refractivity contribution in [2.75, 3.05) is 26.7 Å². The summed E-state index contributed by atoms with van der Waals surface area (Å²) < 4.78 is 0. The average Bonchev–Trinajstić information content (AvgIpc) is 2.38. The normalized spacial score (nSPS) is 20.9. The summed E-state index contributed by atoms with van der Waals surface area (Å²) in [6.45, 7) is 4.30. The van der Waals surface area contributed by atoms with Crippen LogP contribution in [-0.2, 0) is 4.79 Å². The average molecular weight is 271 g/mol. The highest BCUT2D eigenvalue weighted by Crippen LogP contribution is 2.16. The van der Waals surface area contributed by atoms with Gasteiger partial charge in [0.2, 0.25) is 0 Å². The maximum absolute atomic E-state index is 12.1. The van der Waals surface area contributed by atoms with Crippen molar-refractivity contribution in [3.63, 3.8) is 0 Å².